The molecule has 0 bridgehead atoms. The van der Waals surface area contributed by atoms with E-state index in [1.54, 1.807) is 0 Å². The van der Waals surface area contributed by atoms with E-state index < -0.39 is 20.2 Å². The van der Waals surface area contributed by atoms with Crippen molar-refractivity contribution in [3.63, 3.8) is 0 Å². The topological polar surface area (TPSA) is 60.7 Å². The van der Waals surface area contributed by atoms with E-state index in [9.17, 15) is 15.3 Å². The number of rotatable bonds is 6. The monoisotopic (exact) mass is 442 g/mol. The summed E-state index contributed by atoms with van der Waals surface area (Å²) in [5, 5.41) is 27.9. The Hall–Kier alpha value is -1.64. The Balaban J connectivity index is 2.04. The number of aliphatic hydroxyl groups excluding tert-OH is 3. The summed E-state index contributed by atoms with van der Waals surface area (Å²) >= 11 is -2.19. The van der Waals surface area contributed by atoms with Crippen molar-refractivity contribution >= 4 is 30.7 Å². The fourth-order valence-electron chi connectivity index (χ4n) is 2.70. The molecular formula is C21H21O3Sb. The van der Waals surface area contributed by atoms with Gasteiger partial charge in [-0.3, -0.25) is 0 Å². The molecular weight excluding hydrogens is 422 g/mol. The second-order valence-electron chi connectivity index (χ2n) is 5.81. The van der Waals surface area contributed by atoms with Crippen LogP contribution in [0.5, 0.6) is 0 Å². The van der Waals surface area contributed by atoms with Gasteiger partial charge >= 0.3 is 155 Å². The molecule has 3 rings (SSSR count). The maximum absolute atomic E-state index is 9.28. The first-order chi connectivity index (χ1) is 12.2. The van der Waals surface area contributed by atoms with Gasteiger partial charge in [-0.15, -0.1) is 0 Å². The molecule has 3 aromatic carbocycles. The Morgan fingerprint density at radius 1 is 0.440 bits per heavy atom. The summed E-state index contributed by atoms with van der Waals surface area (Å²) in [7, 11) is 0. The fraction of sp³-hybridized carbons (Fsp3) is 0.143. The van der Waals surface area contributed by atoms with Gasteiger partial charge in [-0.25, -0.2) is 0 Å². The summed E-state index contributed by atoms with van der Waals surface area (Å²) in [6.45, 7) is 0.148. The molecule has 0 heterocycles. The van der Waals surface area contributed by atoms with Gasteiger partial charge in [0, 0.05) is 0 Å². The Kier molecular flexibility index (Phi) is 6.28. The molecule has 0 unspecified atom stereocenters. The average Bonchev–Trinajstić information content (AvgIpc) is 2.70. The van der Waals surface area contributed by atoms with Gasteiger partial charge in [-0.05, 0) is 0 Å². The molecule has 0 radical (unpaired) electrons. The molecule has 0 aliphatic carbocycles. The molecule has 25 heavy (non-hydrogen) atoms. The molecule has 0 aromatic heterocycles. The van der Waals surface area contributed by atoms with E-state index in [0.717, 1.165) is 16.7 Å². The number of hydrogen-bond donors (Lipinski definition) is 3. The fourth-order valence-corrected chi connectivity index (χ4v) is 9.08. The van der Waals surface area contributed by atoms with Crippen LogP contribution in [0.25, 0.3) is 0 Å². The third-order valence-corrected chi connectivity index (χ3v) is 11.1. The van der Waals surface area contributed by atoms with E-state index in [1.807, 2.05) is 36.4 Å². The summed E-state index contributed by atoms with van der Waals surface area (Å²) < 4.78 is 3.94. The molecule has 0 saturated carbocycles. The first-order valence-electron chi connectivity index (χ1n) is 8.14. The van der Waals surface area contributed by atoms with E-state index >= 15 is 0 Å². The van der Waals surface area contributed by atoms with E-state index in [0.29, 0.717) is 0 Å². The molecule has 4 heteroatoms. The van der Waals surface area contributed by atoms with Gasteiger partial charge in [0.15, 0.2) is 0 Å². The van der Waals surface area contributed by atoms with Gasteiger partial charge in [0.2, 0.25) is 0 Å². The minimum atomic E-state index is -2.19. The van der Waals surface area contributed by atoms with Crippen LogP contribution < -0.4 is 10.5 Å². The number of benzene rings is 3. The Morgan fingerprint density at radius 3 is 0.880 bits per heavy atom. The van der Waals surface area contributed by atoms with Crippen LogP contribution in [0.1, 0.15) is 16.7 Å². The van der Waals surface area contributed by atoms with Crippen LogP contribution in [0.15, 0.2) is 72.8 Å². The van der Waals surface area contributed by atoms with E-state index in [2.05, 4.69) is 36.4 Å². The summed E-state index contributed by atoms with van der Waals surface area (Å²) in [6.07, 6.45) is 0. The quantitative estimate of drug-likeness (QED) is 0.492. The van der Waals surface area contributed by atoms with Crippen LogP contribution in [0.4, 0.5) is 0 Å². The van der Waals surface area contributed by atoms with Crippen LogP contribution >= 0.6 is 0 Å². The van der Waals surface area contributed by atoms with Crippen LogP contribution in [0.3, 0.4) is 0 Å². The molecule has 0 atom stereocenters. The van der Waals surface area contributed by atoms with Crippen molar-refractivity contribution < 1.29 is 15.3 Å². The third kappa shape index (κ3) is 4.31. The summed E-state index contributed by atoms with van der Waals surface area (Å²) in [4.78, 5) is 0. The molecule has 0 saturated heterocycles. The van der Waals surface area contributed by atoms with Gasteiger partial charge in [-0.1, -0.05) is 0 Å². The Morgan fingerprint density at radius 2 is 0.680 bits per heavy atom. The Labute approximate surface area is 155 Å². The predicted octanol–water partition coefficient (Wildman–Crippen LogP) is 0.680. The van der Waals surface area contributed by atoms with Crippen LogP contribution in [0.2, 0.25) is 0 Å². The van der Waals surface area contributed by atoms with Crippen molar-refractivity contribution in [3.8, 4) is 0 Å². The van der Waals surface area contributed by atoms with Gasteiger partial charge in [0.25, 0.3) is 0 Å². The van der Waals surface area contributed by atoms with Gasteiger partial charge in [0.05, 0.1) is 0 Å². The minimum absolute atomic E-state index is 0.0495. The summed E-state index contributed by atoms with van der Waals surface area (Å²) in [5.41, 5.74) is 2.74. The van der Waals surface area contributed by atoms with Crippen molar-refractivity contribution in [1.29, 1.82) is 0 Å². The number of aliphatic hydroxyl groups is 3. The summed E-state index contributed by atoms with van der Waals surface area (Å²) in [6, 6.07) is 24.6. The van der Waals surface area contributed by atoms with Gasteiger partial charge in [0.1, 0.15) is 0 Å². The van der Waals surface area contributed by atoms with Crippen LogP contribution in [-0.4, -0.2) is 35.5 Å². The standard InChI is InChI=1S/3C7H7O.Sb/c3*8-6-7-4-2-1-3-5-7;/h3*2-5,8H,6H2;. The van der Waals surface area contributed by atoms with Crippen molar-refractivity contribution in [2.75, 3.05) is 0 Å². The van der Waals surface area contributed by atoms with Gasteiger partial charge < -0.3 is 0 Å². The maximum atomic E-state index is 9.28. The molecule has 0 spiro atoms. The SMILES string of the molecule is OCc1cc[c]([Sb]([c]2ccc(CO)cc2)[c]2ccc(CO)cc2)cc1. The predicted molar refractivity (Wildman–Crippen MR) is 102 cm³/mol. The van der Waals surface area contributed by atoms with Crippen molar-refractivity contribution in [1.82, 2.24) is 0 Å². The first-order valence-corrected chi connectivity index (χ1v) is 12.0. The zero-order chi connectivity index (χ0) is 17.6. The zero-order valence-electron chi connectivity index (χ0n) is 13.8. The Bertz CT molecular complexity index is 683. The molecule has 3 aromatic rings. The molecule has 128 valence electrons. The molecule has 0 aliphatic rings. The second-order valence-corrected chi connectivity index (χ2v) is 12.1. The van der Waals surface area contributed by atoms with Crippen LogP contribution in [-0.2, 0) is 19.8 Å². The summed E-state index contributed by atoms with van der Waals surface area (Å²) in [5.74, 6) is 0. The van der Waals surface area contributed by atoms with Crippen molar-refractivity contribution in [2.45, 2.75) is 19.8 Å². The molecule has 0 fully saturated rings. The third-order valence-electron chi connectivity index (χ3n) is 4.13. The van der Waals surface area contributed by atoms with Gasteiger partial charge in [-0.2, -0.15) is 0 Å². The zero-order valence-corrected chi connectivity index (χ0v) is 16.4. The van der Waals surface area contributed by atoms with E-state index in [1.165, 1.54) is 10.5 Å². The van der Waals surface area contributed by atoms with Crippen LogP contribution in [0, 0.1) is 0 Å². The van der Waals surface area contributed by atoms with E-state index in [-0.39, 0.29) is 19.8 Å². The first kappa shape index (κ1) is 18.2. The molecule has 3 N–H and O–H groups in total. The van der Waals surface area contributed by atoms with E-state index in [4.69, 9.17) is 0 Å². The number of hydrogen-bond acceptors (Lipinski definition) is 3. The van der Waals surface area contributed by atoms with Crippen molar-refractivity contribution in [2.24, 2.45) is 0 Å². The normalized spacial score (nSPS) is 11.0. The molecule has 0 amide bonds. The second kappa shape index (κ2) is 8.64. The average molecular weight is 443 g/mol. The molecule has 3 nitrogen and oxygen atoms in total. The van der Waals surface area contributed by atoms with Crippen molar-refractivity contribution in [3.05, 3.63) is 89.5 Å². The molecule has 0 aliphatic heterocycles.